The van der Waals surface area contributed by atoms with E-state index in [1.54, 1.807) is 11.3 Å². The molecule has 0 radical (unpaired) electrons. The number of carbonyl (C=O) groups is 3. The van der Waals surface area contributed by atoms with Crippen molar-refractivity contribution in [3.8, 4) is 0 Å². The van der Waals surface area contributed by atoms with Gasteiger partial charge in [-0.1, -0.05) is 25.0 Å². The number of rotatable bonds is 6. The molecule has 1 aromatic heterocycles. The number of ether oxygens (including phenoxy) is 1. The molecule has 7 nitrogen and oxygen atoms in total. The molecule has 1 aliphatic rings. The summed E-state index contributed by atoms with van der Waals surface area (Å²) in [6.45, 7) is -0.510. The maximum Gasteiger partial charge on any atom is 0.310 e. The minimum atomic E-state index is -0.487. The fourth-order valence-corrected chi connectivity index (χ4v) is 4.49. The third kappa shape index (κ3) is 4.82. The quantitative estimate of drug-likeness (QED) is 0.736. The molecule has 1 aromatic carbocycles. The molecule has 2 atom stereocenters. The van der Waals surface area contributed by atoms with Crippen molar-refractivity contribution < 1.29 is 19.1 Å². The van der Waals surface area contributed by atoms with Crippen LogP contribution >= 0.6 is 11.3 Å². The number of hydrogen-bond acceptors (Lipinski definition) is 6. The van der Waals surface area contributed by atoms with Crippen LogP contribution in [0, 0.1) is 5.92 Å². The molecule has 2 aromatic rings. The largest absolute Gasteiger partial charge is 0.455 e. The molecule has 1 fully saturated rings. The van der Waals surface area contributed by atoms with Crippen molar-refractivity contribution in [1.82, 2.24) is 15.6 Å². The molecule has 1 saturated carbocycles. The van der Waals surface area contributed by atoms with Crippen molar-refractivity contribution in [3.63, 3.8) is 0 Å². The fraction of sp³-hybridized carbons (Fsp3) is 0.474. The number of nitrogens with zero attached hydrogens (tertiary/aromatic N) is 1. The lowest BCUT2D eigenvalue weighted by molar-refractivity contribution is -0.154. The van der Waals surface area contributed by atoms with Crippen LogP contribution in [0.4, 0.5) is 0 Å². The van der Waals surface area contributed by atoms with Gasteiger partial charge in [-0.3, -0.25) is 14.4 Å². The van der Waals surface area contributed by atoms with E-state index in [0.717, 1.165) is 40.9 Å². The van der Waals surface area contributed by atoms with Crippen molar-refractivity contribution in [2.75, 3.05) is 20.2 Å². The first-order chi connectivity index (χ1) is 13.1. The van der Waals surface area contributed by atoms with Gasteiger partial charge < -0.3 is 15.4 Å². The van der Waals surface area contributed by atoms with Gasteiger partial charge in [0.1, 0.15) is 0 Å². The second kappa shape index (κ2) is 8.94. The van der Waals surface area contributed by atoms with Crippen LogP contribution in [-0.4, -0.2) is 43.0 Å². The molecular formula is C19H23N3O4S. The second-order valence-electron chi connectivity index (χ2n) is 6.57. The van der Waals surface area contributed by atoms with Crippen LogP contribution in [0.5, 0.6) is 0 Å². The highest BCUT2D eigenvalue weighted by molar-refractivity contribution is 7.18. The van der Waals surface area contributed by atoms with Gasteiger partial charge >= 0.3 is 5.97 Å². The zero-order chi connectivity index (χ0) is 19.2. The van der Waals surface area contributed by atoms with E-state index in [1.165, 1.54) is 7.05 Å². The van der Waals surface area contributed by atoms with Crippen molar-refractivity contribution in [1.29, 1.82) is 0 Å². The average Bonchev–Trinajstić information content (AvgIpc) is 3.14. The molecule has 2 N–H and O–H groups in total. The Labute approximate surface area is 161 Å². The zero-order valence-electron chi connectivity index (χ0n) is 15.2. The summed E-state index contributed by atoms with van der Waals surface area (Å²) in [6, 6.07) is 7.94. The first kappa shape index (κ1) is 19.3. The number of aromatic nitrogens is 1. The fourth-order valence-electron chi connectivity index (χ4n) is 3.32. The summed E-state index contributed by atoms with van der Waals surface area (Å²) in [5.41, 5.74) is 0.948. The summed E-state index contributed by atoms with van der Waals surface area (Å²) in [5, 5.41) is 5.78. The summed E-state index contributed by atoms with van der Waals surface area (Å²) >= 11 is 1.62. The van der Waals surface area contributed by atoms with Gasteiger partial charge in [-0.05, 0) is 25.0 Å². The molecule has 1 heterocycles. The first-order valence-electron chi connectivity index (χ1n) is 9.08. The van der Waals surface area contributed by atoms with Crippen LogP contribution in [0.3, 0.4) is 0 Å². The summed E-state index contributed by atoms with van der Waals surface area (Å²) in [5.74, 6) is -1.42. The Morgan fingerprint density at radius 1 is 1.19 bits per heavy atom. The molecule has 0 saturated heterocycles. The topological polar surface area (TPSA) is 97.4 Å². The number of esters is 1. The van der Waals surface area contributed by atoms with Crippen LogP contribution in [0.15, 0.2) is 24.3 Å². The standard InChI is InChI=1S/C19H23N3O4S/c1-20-16(23)10-21-17(24)11-26-19(25)13-7-3-2-6-12(13)18-22-14-8-4-5-9-15(14)27-18/h4-5,8-9,12-13H,2-3,6-7,10-11H2,1H3,(H,20,23)(H,21,24)/t12-,13+/m1/s1. The van der Waals surface area contributed by atoms with E-state index < -0.39 is 5.91 Å². The maximum atomic E-state index is 12.6. The highest BCUT2D eigenvalue weighted by Crippen LogP contribution is 2.41. The number of nitrogens with one attached hydrogen (secondary N) is 2. The number of carbonyl (C=O) groups excluding carboxylic acids is 3. The van der Waals surface area contributed by atoms with Gasteiger partial charge in [0.2, 0.25) is 5.91 Å². The third-order valence-electron chi connectivity index (χ3n) is 4.77. The second-order valence-corrected chi connectivity index (χ2v) is 7.64. The Morgan fingerprint density at radius 2 is 1.96 bits per heavy atom. The minimum absolute atomic E-state index is 0.0255. The number of fused-ring (bicyclic) bond motifs is 1. The van der Waals surface area contributed by atoms with Crippen LogP contribution in [0.25, 0.3) is 10.2 Å². The smallest absolute Gasteiger partial charge is 0.310 e. The lowest BCUT2D eigenvalue weighted by atomic mass is 9.79. The molecule has 8 heteroatoms. The van der Waals surface area contributed by atoms with E-state index in [0.29, 0.717) is 0 Å². The summed E-state index contributed by atoms with van der Waals surface area (Å²) in [6.07, 6.45) is 3.64. The molecular weight excluding hydrogens is 366 g/mol. The van der Waals surface area contributed by atoms with E-state index >= 15 is 0 Å². The minimum Gasteiger partial charge on any atom is -0.455 e. The summed E-state index contributed by atoms with van der Waals surface area (Å²) in [4.78, 5) is 40.2. The Kier molecular flexibility index (Phi) is 6.39. The van der Waals surface area contributed by atoms with Crippen molar-refractivity contribution in [2.24, 2.45) is 5.92 Å². The van der Waals surface area contributed by atoms with Crippen LogP contribution in [0.1, 0.15) is 36.6 Å². The number of benzene rings is 1. The monoisotopic (exact) mass is 389 g/mol. The Bertz CT molecular complexity index is 802. The van der Waals surface area contributed by atoms with E-state index in [9.17, 15) is 14.4 Å². The lowest BCUT2D eigenvalue weighted by Crippen LogP contribution is -2.38. The first-order valence-corrected chi connectivity index (χ1v) is 9.89. The van der Waals surface area contributed by atoms with E-state index in [-0.39, 0.29) is 36.9 Å². The normalized spacial score (nSPS) is 19.4. The molecule has 144 valence electrons. The van der Waals surface area contributed by atoms with Crippen molar-refractivity contribution >= 4 is 39.3 Å². The summed E-state index contributed by atoms with van der Waals surface area (Å²) in [7, 11) is 1.49. The molecule has 0 spiro atoms. The molecule has 27 heavy (non-hydrogen) atoms. The third-order valence-corrected chi connectivity index (χ3v) is 5.94. The van der Waals surface area contributed by atoms with Gasteiger partial charge in [0, 0.05) is 13.0 Å². The van der Waals surface area contributed by atoms with Crippen LogP contribution < -0.4 is 10.6 Å². The Morgan fingerprint density at radius 3 is 2.74 bits per heavy atom. The van der Waals surface area contributed by atoms with Gasteiger partial charge in [-0.15, -0.1) is 11.3 Å². The van der Waals surface area contributed by atoms with E-state index in [2.05, 4.69) is 10.6 Å². The average molecular weight is 389 g/mol. The van der Waals surface area contributed by atoms with Crippen LogP contribution in [0.2, 0.25) is 0 Å². The highest BCUT2D eigenvalue weighted by Gasteiger charge is 2.35. The number of amides is 2. The lowest BCUT2D eigenvalue weighted by Gasteiger charge is -2.28. The van der Waals surface area contributed by atoms with E-state index in [1.807, 2.05) is 24.3 Å². The molecule has 0 unspecified atom stereocenters. The molecule has 0 bridgehead atoms. The SMILES string of the molecule is CNC(=O)CNC(=O)COC(=O)[C@H]1CCCC[C@H]1c1nc2ccccc2s1. The predicted molar refractivity (Wildman–Crippen MR) is 102 cm³/mol. The van der Waals surface area contributed by atoms with Gasteiger partial charge in [-0.2, -0.15) is 0 Å². The number of para-hydroxylation sites is 1. The Hall–Kier alpha value is -2.48. The molecule has 3 rings (SSSR count). The predicted octanol–water partition coefficient (Wildman–Crippen LogP) is 1.98. The highest BCUT2D eigenvalue weighted by atomic mass is 32.1. The van der Waals surface area contributed by atoms with Gasteiger partial charge in [-0.25, -0.2) is 4.98 Å². The van der Waals surface area contributed by atoms with Gasteiger partial charge in [0.15, 0.2) is 6.61 Å². The number of likely N-dealkylation sites (N-methyl/N-ethyl adjacent to an activating group) is 1. The molecule has 2 amide bonds. The van der Waals surface area contributed by atoms with Crippen molar-refractivity contribution in [2.45, 2.75) is 31.6 Å². The van der Waals surface area contributed by atoms with Crippen LogP contribution in [-0.2, 0) is 19.1 Å². The van der Waals surface area contributed by atoms with Crippen molar-refractivity contribution in [3.05, 3.63) is 29.3 Å². The zero-order valence-corrected chi connectivity index (χ0v) is 16.0. The summed E-state index contributed by atoms with van der Waals surface area (Å²) < 4.78 is 6.34. The molecule has 0 aliphatic heterocycles. The van der Waals surface area contributed by atoms with Gasteiger partial charge in [0.25, 0.3) is 5.91 Å². The van der Waals surface area contributed by atoms with Gasteiger partial charge in [0.05, 0.1) is 27.7 Å². The number of hydrogen-bond donors (Lipinski definition) is 2. The van der Waals surface area contributed by atoms with E-state index in [4.69, 9.17) is 9.72 Å². The Balaban J connectivity index is 1.61. The molecule has 1 aliphatic carbocycles. The number of thiazole rings is 1. The maximum absolute atomic E-state index is 12.6.